The molecule has 0 amide bonds. The minimum atomic E-state index is -0.293. The zero-order valence-electron chi connectivity index (χ0n) is 19.0. The lowest BCUT2D eigenvalue weighted by Crippen LogP contribution is -2.24. The van der Waals surface area contributed by atoms with Gasteiger partial charge in [-0.2, -0.15) is 4.98 Å². The van der Waals surface area contributed by atoms with E-state index in [2.05, 4.69) is 31.0 Å². The van der Waals surface area contributed by atoms with Crippen molar-refractivity contribution in [3.8, 4) is 22.8 Å². The van der Waals surface area contributed by atoms with Crippen molar-refractivity contribution < 1.29 is 9.47 Å². The van der Waals surface area contributed by atoms with Gasteiger partial charge >= 0.3 is 5.69 Å². The predicted molar refractivity (Wildman–Crippen MR) is 134 cm³/mol. The highest BCUT2D eigenvalue weighted by Gasteiger charge is 2.14. The molecular formula is C27H27ClN2O3. The second-order valence-corrected chi connectivity index (χ2v) is 8.55. The van der Waals surface area contributed by atoms with Gasteiger partial charge in [0.1, 0.15) is 18.1 Å². The highest BCUT2D eigenvalue weighted by molar-refractivity contribution is 6.18. The van der Waals surface area contributed by atoms with Crippen LogP contribution in [0.25, 0.3) is 22.2 Å². The lowest BCUT2D eigenvalue weighted by atomic mass is 9.99. The van der Waals surface area contributed by atoms with E-state index in [-0.39, 0.29) is 5.69 Å². The SMILES string of the molecule is COc1ccc2c(c1)c(-c1ccc(C(C)C)cc1)nc(=O)n2Cc1ccc(OCCCl)cc1. The monoisotopic (exact) mass is 462 g/mol. The van der Waals surface area contributed by atoms with Crippen LogP contribution in [0.3, 0.4) is 0 Å². The molecule has 5 nitrogen and oxygen atoms in total. The molecule has 4 aromatic rings. The number of alkyl halides is 1. The summed E-state index contributed by atoms with van der Waals surface area (Å²) in [7, 11) is 1.63. The fourth-order valence-corrected chi connectivity index (χ4v) is 3.89. The Bertz CT molecular complexity index is 1300. The number of hydrogen-bond acceptors (Lipinski definition) is 4. The summed E-state index contributed by atoms with van der Waals surface area (Å²) in [4.78, 5) is 17.6. The molecule has 0 N–H and O–H groups in total. The minimum Gasteiger partial charge on any atom is -0.497 e. The van der Waals surface area contributed by atoms with Gasteiger partial charge in [0.2, 0.25) is 0 Å². The van der Waals surface area contributed by atoms with Crippen LogP contribution in [0.5, 0.6) is 11.5 Å². The van der Waals surface area contributed by atoms with Gasteiger partial charge < -0.3 is 9.47 Å². The van der Waals surface area contributed by atoms with E-state index in [1.165, 1.54) is 5.56 Å². The lowest BCUT2D eigenvalue weighted by Gasteiger charge is -2.15. The number of rotatable bonds is 8. The summed E-state index contributed by atoms with van der Waals surface area (Å²) < 4.78 is 12.7. The fourth-order valence-electron chi connectivity index (χ4n) is 3.82. The predicted octanol–water partition coefficient (Wildman–Crippen LogP) is 5.86. The Hall–Kier alpha value is -3.31. The van der Waals surface area contributed by atoms with E-state index in [0.29, 0.717) is 30.6 Å². The Balaban J connectivity index is 1.78. The average molecular weight is 463 g/mol. The first kappa shape index (κ1) is 22.9. The average Bonchev–Trinajstić information content (AvgIpc) is 2.84. The Labute approximate surface area is 198 Å². The largest absolute Gasteiger partial charge is 0.497 e. The van der Waals surface area contributed by atoms with Gasteiger partial charge in [-0.1, -0.05) is 50.2 Å². The lowest BCUT2D eigenvalue weighted by molar-refractivity contribution is 0.342. The zero-order valence-corrected chi connectivity index (χ0v) is 19.8. The molecule has 0 spiro atoms. The molecule has 0 saturated heterocycles. The number of fused-ring (bicyclic) bond motifs is 1. The molecule has 0 aliphatic carbocycles. The molecule has 3 aromatic carbocycles. The third-order valence-electron chi connectivity index (χ3n) is 5.65. The first-order valence-corrected chi connectivity index (χ1v) is 11.5. The fraction of sp³-hybridized carbons (Fsp3) is 0.259. The maximum atomic E-state index is 13.2. The van der Waals surface area contributed by atoms with E-state index in [0.717, 1.165) is 33.5 Å². The molecular weight excluding hydrogens is 436 g/mol. The number of benzene rings is 3. The van der Waals surface area contributed by atoms with Crippen molar-refractivity contribution in [2.75, 3.05) is 19.6 Å². The van der Waals surface area contributed by atoms with E-state index in [1.54, 1.807) is 11.7 Å². The normalized spacial score (nSPS) is 11.2. The van der Waals surface area contributed by atoms with Crippen LogP contribution in [0.15, 0.2) is 71.5 Å². The van der Waals surface area contributed by atoms with Crippen LogP contribution in [0.1, 0.15) is 30.9 Å². The van der Waals surface area contributed by atoms with E-state index < -0.39 is 0 Å². The first-order valence-electron chi connectivity index (χ1n) is 11.0. The van der Waals surface area contributed by atoms with Crippen molar-refractivity contribution in [1.29, 1.82) is 0 Å². The number of hydrogen-bond donors (Lipinski definition) is 0. The second kappa shape index (κ2) is 10.1. The molecule has 0 aliphatic heterocycles. The summed E-state index contributed by atoms with van der Waals surface area (Å²) in [6, 6.07) is 21.6. The molecule has 4 rings (SSSR count). The third-order valence-corrected chi connectivity index (χ3v) is 5.80. The van der Waals surface area contributed by atoms with E-state index >= 15 is 0 Å². The van der Waals surface area contributed by atoms with Crippen LogP contribution in [0.4, 0.5) is 0 Å². The van der Waals surface area contributed by atoms with Gasteiger partial charge in [0.05, 0.1) is 30.7 Å². The molecule has 0 atom stereocenters. The van der Waals surface area contributed by atoms with Crippen molar-refractivity contribution >= 4 is 22.5 Å². The smallest absolute Gasteiger partial charge is 0.348 e. The van der Waals surface area contributed by atoms with Crippen LogP contribution >= 0.6 is 11.6 Å². The molecule has 0 bridgehead atoms. The van der Waals surface area contributed by atoms with Gasteiger partial charge in [-0.3, -0.25) is 4.57 Å². The quantitative estimate of drug-likeness (QED) is 0.308. The minimum absolute atomic E-state index is 0.293. The number of halogens is 1. The van der Waals surface area contributed by atoms with E-state index in [4.69, 9.17) is 21.1 Å². The summed E-state index contributed by atoms with van der Waals surface area (Å²) in [6.07, 6.45) is 0. The van der Waals surface area contributed by atoms with Crippen molar-refractivity contribution in [1.82, 2.24) is 9.55 Å². The summed E-state index contributed by atoms with van der Waals surface area (Å²) in [5.74, 6) is 2.34. The van der Waals surface area contributed by atoms with Crippen LogP contribution < -0.4 is 15.2 Å². The molecule has 0 unspecified atom stereocenters. The van der Waals surface area contributed by atoms with Crippen LogP contribution in [-0.4, -0.2) is 29.1 Å². The Morgan fingerprint density at radius 3 is 2.30 bits per heavy atom. The molecule has 0 aliphatic rings. The van der Waals surface area contributed by atoms with Crippen molar-refractivity contribution in [2.24, 2.45) is 0 Å². The third kappa shape index (κ3) is 5.04. The van der Waals surface area contributed by atoms with Crippen molar-refractivity contribution in [3.63, 3.8) is 0 Å². The summed E-state index contributed by atoms with van der Waals surface area (Å²) in [6.45, 7) is 5.17. The molecule has 33 heavy (non-hydrogen) atoms. The molecule has 1 heterocycles. The summed E-state index contributed by atoms with van der Waals surface area (Å²) >= 11 is 5.68. The van der Waals surface area contributed by atoms with Gasteiger partial charge in [0.15, 0.2) is 0 Å². The van der Waals surface area contributed by atoms with Gasteiger partial charge in [0.25, 0.3) is 0 Å². The maximum absolute atomic E-state index is 13.2. The van der Waals surface area contributed by atoms with Crippen LogP contribution in [0.2, 0.25) is 0 Å². The van der Waals surface area contributed by atoms with Gasteiger partial charge in [-0.25, -0.2) is 4.79 Å². The molecule has 0 saturated carbocycles. The number of methoxy groups -OCH3 is 1. The number of nitrogens with zero attached hydrogens (tertiary/aromatic N) is 2. The maximum Gasteiger partial charge on any atom is 0.348 e. The Morgan fingerprint density at radius 2 is 1.67 bits per heavy atom. The van der Waals surface area contributed by atoms with E-state index in [9.17, 15) is 4.79 Å². The summed E-state index contributed by atoms with van der Waals surface area (Å²) in [5.41, 5.74) is 4.29. The van der Waals surface area contributed by atoms with Gasteiger partial charge in [0, 0.05) is 10.9 Å². The van der Waals surface area contributed by atoms with Crippen LogP contribution in [0, 0.1) is 0 Å². The topological polar surface area (TPSA) is 53.3 Å². The van der Waals surface area contributed by atoms with Crippen LogP contribution in [-0.2, 0) is 6.54 Å². The molecule has 170 valence electrons. The van der Waals surface area contributed by atoms with Gasteiger partial charge in [-0.05, 0) is 47.4 Å². The Morgan fingerprint density at radius 1 is 0.970 bits per heavy atom. The number of ether oxygens (including phenoxy) is 2. The van der Waals surface area contributed by atoms with Crippen molar-refractivity contribution in [3.05, 3.63) is 88.3 Å². The molecule has 1 aromatic heterocycles. The highest BCUT2D eigenvalue weighted by atomic mass is 35.5. The first-order chi connectivity index (χ1) is 16.0. The van der Waals surface area contributed by atoms with E-state index in [1.807, 2.05) is 54.6 Å². The van der Waals surface area contributed by atoms with Crippen molar-refractivity contribution in [2.45, 2.75) is 26.3 Å². The molecule has 6 heteroatoms. The second-order valence-electron chi connectivity index (χ2n) is 8.17. The Kier molecular flexibility index (Phi) is 6.99. The molecule has 0 radical (unpaired) electrons. The van der Waals surface area contributed by atoms with Gasteiger partial charge in [-0.15, -0.1) is 11.6 Å². The zero-order chi connectivity index (χ0) is 23.4. The number of aromatic nitrogens is 2. The molecule has 0 fully saturated rings. The standard InChI is InChI=1S/C27H27ClN2O3/c1-18(2)20-6-8-21(9-7-20)26-24-16-23(32-3)12-13-25(24)30(27(31)29-26)17-19-4-10-22(11-5-19)33-15-14-28/h4-13,16,18H,14-15,17H2,1-3H3. The summed E-state index contributed by atoms with van der Waals surface area (Å²) in [5, 5.41) is 0.869. The highest BCUT2D eigenvalue weighted by Crippen LogP contribution is 2.30.